The molecule has 0 bridgehead atoms. The molecule has 1 aliphatic rings. The number of methoxy groups -OCH3 is 1. The fourth-order valence-corrected chi connectivity index (χ4v) is 4.04. The van der Waals surface area contributed by atoms with Gasteiger partial charge in [0.2, 0.25) is 5.91 Å². The van der Waals surface area contributed by atoms with Gasteiger partial charge in [0, 0.05) is 30.8 Å². The predicted molar refractivity (Wildman–Crippen MR) is 118 cm³/mol. The van der Waals surface area contributed by atoms with Gasteiger partial charge in [0.1, 0.15) is 11.6 Å². The standard InChI is InChI=1S/C25H24FN3O3/c1-32-21-10-8-17(9-11-21)25(31)29-15-22(18-5-4-6-19(26)13-18)23(16-29)24(30)28-14-20-7-2-3-12-27-20/h2-13,22-23H,14-16H2,1H3,(H,28,30)/t22-,23-/m0/s1. The number of benzene rings is 2. The number of rotatable bonds is 6. The summed E-state index contributed by atoms with van der Waals surface area (Å²) in [7, 11) is 1.56. The molecule has 4 rings (SSSR count). The molecule has 0 unspecified atom stereocenters. The van der Waals surface area contributed by atoms with E-state index < -0.39 is 5.92 Å². The number of aromatic nitrogens is 1. The number of carbonyl (C=O) groups is 2. The van der Waals surface area contributed by atoms with Crippen LogP contribution in [0, 0.1) is 11.7 Å². The maximum atomic E-state index is 13.9. The minimum atomic E-state index is -0.497. The van der Waals surface area contributed by atoms with Gasteiger partial charge in [-0.15, -0.1) is 0 Å². The lowest BCUT2D eigenvalue weighted by Gasteiger charge is -2.18. The highest BCUT2D eigenvalue weighted by molar-refractivity contribution is 5.95. The monoisotopic (exact) mass is 433 g/mol. The molecule has 6 nitrogen and oxygen atoms in total. The topological polar surface area (TPSA) is 71.5 Å². The molecule has 2 heterocycles. The number of nitrogens with one attached hydrogen (secondary N) is 1. The van der Waals surface area contributed by atoms with E-state index in [9.17, 15) is 14.0 Å². The molecule has 164 valence electrons. The van der Waals surface area contributed by atoms with Crippen molar-refractivity contribution < 1.29 is 18.7 Å². The van der Waals surface area contributed by atoms with Gasteiger partial charge < -0.3 is 15.0 Å². The van der Waals surface area contributed by atoms with E-state index in [-0.39, 0.29) is 30.1 Å². The van der Waals surface area contributed by atoms with Gasteiger partial charge in [-0.25, -0.2) is 4.39 Å². The Morgan fingerprint density at radius 2 is 1.91 bits per heavy atom. The predicted octanol–water partition coefficient (Wildman–Crippen LogP) is 3.40. The quantitative estimate of drug-likeness (QED) is 0.647. The molecular weight excluding hydrogens is 409 g/mol. The van der Waals surface area contributed by atoms with Gasteiger partial charge in [-0.05, 0) is 54.1 Å². The number of halogens is 1. The van der Waals surface area contributed by atoms with Crippen LogP contribution in [0.5, 0.6) is 5.75 Å². The minimum Gasteiger partial charge on any atom is -0.497 e. The van der Waals surface area contributed by atoms with Gasteiger partial charge in [0.25, 0.3) is 5.91 Å². The first kappa shape index (κ1) is 21.5. The van der Waals surface area contributed by atoms with Crippen LogP contribution in [0.2, 0.25) is 0 Å². The van der Waals surface area contributed by atoms with Crippen LogP contribution in [0.1, 0.15) is 27.5 Å². The van der Waals surface area contributed by atoms with Crippen LogP contribution in [0.15, 0.2) is 72.9 Å². The van der Waals surface area contributed by atoms with Gasteiger partial charge >= 0.3 is 0 Å². The highest BCUT2D eigenvalue weighted by atomic mass is 19.1. The molecule has 0 saturated carbocycles. The average Bonchev–Trinajstić information content (AvgIpc) is 3.28. The lowest BCUT2D eigenvalue weighted by Crippen LogP contribution is -2.35. The summed E-state index contributed by atoms with van der Waals surface area (Å²) in [6, 6.07) is 18.6. The molecule has 1 N–H and O–H groups in total. The van der Waals surface area contributed by atoms with Gasteiger partial charge in [-0.3, -0.25) is 14.6 Å². The van der Waals surface area contributed by atoms with Gasteiger partial charge in [-0.2, -0.15) is 0 Å². The highest BCUT2D eigenvalue weighted by Gasteiger charge is 2.40. The second-order valence-corrected chi connectivity index (χ2v) is 7.75. The molecule has 32 heavy (non-hydrogen) atoms. The van der Waals surface area contributed by atoms with Crippen LogP contribution in [0.3, 0.4) is 0 Å². The normalized spacial score (nSPS) is 17.8. The molecule has 1 aromatic heterocycles. The smallest absolute Gasteiger partial charge is 0.253 e. The summed E-state index contributed by atoms with van der Waals surface area (Å²) in [6.45, 7) is 0.870. The fourth-order valence-electron chi connectivity index (χ4n) is 4.04. The van der Waals surface area contributed by atoms with Crippen molar-refractivity contribution in [1.82, 2.24) is 15.2 Å². The first-order valence-electron chi connectivity index (χ1n) is 10.4. The van der Waals surface area contributed by atoms with E-state index in [0.717, 1.165) is 5.69 Å². The Morgan fingerprint density at radius 1 is 1.09 bits per heavy atom. The summed E-state index contributed by atoms with van der Waals surface area (Å²) in [5, 5.41) is 2.92. The van der Waals surface area contributed by atoms with Gasteiger partial charge in [0.05, 0.1) is 25.3 Å². The second kappa shape index (κ2) is 9.60. The maximum Gasteiger partial charge on any atom is 0.253 e. The molecule has 1 saturated heterocycles. The third kappa shape index (κ3) is 4.77. The summed E-state index contributed by atoms with van der Waals surface area (Å²) < 4.78 is 19.1. The number of ether oxygens (including phenoxy) is 1. The lowest BCUT2D eigenvalue weighted by atomic mass is 9.88. The summed E-state index contributed by atoms with van der Waals surface area (Å²) in [5.41, 5.74) is 1.96. The van der Waals surface area contributed by atoms with Crippen molar-refractivity contribution in [3.63, 3.8) is 0 Å². The van der Waals surface area contributed by atoms with E-state index in [2.05, 4.69) is 10.3 Å². The Balaban J connectivity index is 1.54. The number of amides is 2. The Kier molecular flexibility index (Phi) is 6.44. The van der Waals surface area contributed by atoms with Crippen molar-refractivity contribution in [2.45, 2.75) is 12.5 Å². The van der Waals surface area contributed by atoms with E-state index >= 15 is 0 Å². The van der Waals surface area contributed by atoms with E-state index in [1.807, 2.05) is 18.2 Å². The number of carbonyl (C=O) groups excluding carboxylic acids is 2. The number of hydrogen-bond donors (Lipinski definition) is 1. The van der Waals surface area contributed by atoms with Crippen LogP contribution in [0.4, 0.5) is 4.39 Å². The Morgan fingerprint density at radius 3 is 2.59 bits per heavy atom. The van der Waals surface area contributed by atoms with Crippen LogP contribution < -0.4 is 10.1 Å². The van der Waals surface area contributed by atoms with Crippen LogP contribution >= 0.6 is 0 Å². The lowest BCUT2D eigenvalue weighted by molar-refractivity contribution is -0.125. The summed E-state index contributed by atoms with van der Waals surface area (Å²) >= 11 is 0. The van der Waals surface area contributed by atoms with Crippen molar-refractivity contribution in [3.8, 4) is 5.75 Å². The van der Waals surface area contributed by atoms with Crippen molar-refractivity contribution >= 4 is 11.8 Å². The van der Waals surface area contributed by atoms with E-state index in [1.54, 1.807) is 54.6 Å². The van der Waals surface area contributed by atoms with Gasteiger partial charge in [0.15, 0.2) is 0 Å². The maximum absolute atomic E-state index is 13.9. The molecule has 7 heteroatoms. The molecule has 0 aliphatic carbocycles. The highest BCUT2D eigenvalue weighted by Crippen LogP contribution is 2.34. The number of pyridine rings is 1. The Labute approximate surface area is 186 Å². The first-order valence-corrected chi connectivity index (χ1v) is 10.4. The minimum absolute atomic E-state index is 0.172. The second-order valence-electron chi connectivity index (χ2n) is 7.75. The largest absolute Gasteiger partial charge is 0.497 e. The Hall–Kier alpha value is -3.74. The third-order valence-electron chi connectivity index (χ3n) is 5.73. The molecule has 1 fully saturated rings. The number of likely N-dealkylation sites (tertiary alicyclic amines) is 1. The third-order valence-corrected chi connectivity index (χ3v) is 5.73. The van der Waals surface area contributed by atoms with Crippen molar-refractivity contribution in [2.24, 2.45) is 5.92 Å². The van der Waals surface area contributed by atoms with Gasteiger partial charge in [-0.1, -0.05) is 18.2 Å². The zero-order valence-electron chi connectivity index (χ0n) is 17.7. The van der Waals surface area contributed by atoms with Crippen LogP contribution in [-0.2, 0) is 11.3 Å². The number of nitrogens with zero attached hydrogens (tertiary/aromatic N) is 2. The molecule has 2 atom stereocenters. The van der Waals surface area contributed by atoms with Crippen LogP contribution in [-0.4, -0.2) is 41.9 Å². The van der Waals surface area contributed by atoms with Crippen LogP contribution in [0.25, 0.3) is 0 Å². The molecule has 3 aromatic rings. The summed E-state index contributed by atoms with van der Waals surface area (Å²) in [6.07, 6.45) is 1.67. The SMILES string of the molecule is COc1ccc(C(=O)N2C[C@H](C(=O)NCc3ccccn3)[C@H](c3cccc(F)c3)C2)cc1. The summed E-state index contributed by atoms with van der Waals surface area (Å²) in [5.74, 6) is -0.870. The molecule has 2 amide bonds. The zero-order chi connectivity index (χ0) is 22.5. The molecular formula is C25H24FN3O3. The Bertz CT molecular complexity index is 1090. The molecule has 0 spiro atoms. The van der Waals surface area contributed by atoms with E-state index in [4.69, 9.17) is 4.74 Å². The van der Waals surface area contributed by atoms with Crippen molar-refractivity contribution in [3.05, 3.63) is 95.6 Å². The zero-order valence-corrected chi connectivity index (χ0v) is 17.7. The molecule has 1 aliphatic heterocycles. The molecule has 2 aromatic carbocycles. The van der Waals surface area contributed by atoms with E-state index in [0.29, 0.717) is 30.0 Å². The molecule has 0 radical (unpaired) electrons. The van der Waals surface area contributed by atoms with Crippen molar-refractivity contribution in [1.29, 1.82) is 0 Å². The summed E-state index contributed by atoms with van der Waals surface area (Å²) in [4.78, 5) is 32.1. The first-order chi connectivity index (χ1) is 15.5. The fraction of sp³-hybridized carbons (Fsp3) is 0.240. The van der Waals surface area contributed by atoms with E-state index in [1.165, 1.54) is 12.1 Å². The average molecular weight is 433 g/mol. The number of hydrogen-bond acceptors (Lipinski definition) is 4. The van der Waals surface area contributed by atoms with Crippen molar-refractivity contribution in [2.75, 3.05) is 20.2 Å².